The molecule has 0 fully saturated rings. The van der Waals surface area contributed by atoms with Crippen molar-refractivity contribution >= 4 is 38.3 Å². The maximum Gasteiger partial charge on any atom is 0.387 e. The fraction of sp³-hybridized carbons (Fsp3) is 0.0714. The monoisotopic (exact) mass is 414 g/mol. The van der Waals surface area contributed by atoms with Gasteiger partial charge in [0.2, 0.25) is 0 Å². The first-order valence-electron chi connectivity index (χ1n) is 6.54. The summed E-state index contributed by atoms with van der Waals surface area (Å²) in [6, 6.07) is 6.09. The van der Waals surface area contributed by atoms with Gasteiger partial charge in [-0.25, -0.2) is 4.98 Å². The summed E-state index contributed by atoms with van der Waals surface area (Å²) in [5, 5.41) is 11.1. The van der Waals surface area contributed by atoms with Crippen molar-refractivity contribution < 1.29 is 18.3 Å². The number of ether oxygens (including phenoxy) is 1. The van der Waals surface area contributed by atoms with E-state index in [0.717, 1.165) is 5.56 Å². The van der Waals surface area contributed by atoms with Gasteiger partial charge in [-0.1, -0.05) is 0 Å². The number of thiazole rings is 1. The summed E-state index contributed by atoms with van der Waals surface area (Å²) < 4.78 is 29.1. The number of rotatable bonds is 5. The standard InChI is InChI=1S/C14H9BrF2N4O2S/c15-9-5-18-21-11(9)12(22)20-14-19-10(6-24-14)7-1-3-8(4-2-7)23-13(16)17/h1-6,13H,(H,18,21)(H,19,20,22). The molecule has 0 aliphatic carbocycles. The van der Waals surface area contributed by atoms with Crippen molar-refractivity contribution in [1.29, 1.82) is 0 Å². The van der Waals surface area contributed by atoms with Gasteiger partial charge in [-0.2, -0.15) is 13.9 Å². The van der Waals surface area contributed by atoms with Crippen molar-refractivity contribution in [2.24, 2.45) is 0 Å². The third-order valence-corrected chi connectivity index (χ3v) is 4.28. The number of amides is 1. The smallest absolute Gasteiger partial charge is 0.387 e. The minimum atomic E-state index is -2.86. The molecule has 3 rings (SSSR count). The molecule has 2 aromatic heterocycles. The van der Waals surface area contributed by atoms with Gasteiger partial charge in [0, 0.05) is 10.9 Å². The third-order valence-electron chi connectivity index (χ3n) is 2.92. The molecule has 0 aliphatic rings. The van der Waals surface area contributed by atoms with Crippen molar-refractivity contribution in [2.75, 3.05) is 5.32 Å². The van der Waals surface area contributed by atoms with Crippen LogP contribution in [0.25, 0.3) is 11.3 Å². The number of carbonyl (C=O) groups excluding carboxylic acids is 1. The first kappa shape index (κ1) is 16.5. The first-order chi connectivity index (χ1) is 11.5. The number of hydrogen-bond donors (Lipinski definition) is 2. The van der Waals surface area contributed by atoms with Gasteiger partial charge in [-0.15, -0.1) is 11.3 Å². The molecule has 3 aromatic rings. The number of aromatic amines is 1. The topological polar surface area (TPSA) is 79.9 Å². The van der Waals surface area contributed by atoms with Crippen molar-refractivity contribution in [3.8, 4) is 17.0 Å². The molecule has 0 bridgehead atoms. The molecule has 24 heavy (non-hydrogen) atoms. The summed E-state index contributed by atoms with van der Waals surface area (Å²) >= 11 is 4.46. The van der Waals surface area contributed by atoms with Crippen LogP contribution in [0.2, 0.25) is 0 Å². The zero-order chi connectivity index (χ0) is 17.1. The fourth-order valence-corrected chi connectivity index (χ4v) is 2.95. The van der Waals surface area contributed by atoms with Crippen LogP contribution in [0.1, 0.15) is 10.5 Å². The minimum absolute atomic E-state index is 0.0709. The zero-order valence-corrected chi connectivity index (χ0v) is 14.2. The minimum Gasteiger partial charge on any atom is -0.435 e. The molecule has 0 aliphatic heterocycles. The number of halogens is 3. The average molecular weight is 415 g/mol. The molecule has 0 spiro atoms. The van der Waals surface area contributed by atoms with Crippen LogP contribution in [0.4, 0.5) is 13.9 Å². The van der Waals surface area contributed by atoms with Crippen LogP contribution in [-0.4, -0.2) is 27.7 Å². The fourth-order valence-electron chi connectivity index (χ4n) is 1.86. The molecule has 0 saturated carbocycles. The van der Waals surface area contributed by atoms with Crippen molar-refractivity contribution in [3.63, 3.8) is 0 Å². The average Bonchev–Trinajstić information content (AvgIpc) is 3.16. The van der Waals surface area contributed by atoms with E-state index in [4.69, 9.17) is 0 Å². The maximum atomic E-state index is 12.1. The Labute approximate surface area is 147 Å². The van der Waals surface area contributed by atoms with Crippen LogP contribution in [0, 0.1) is 0 Å². The third kappa shape index (κ3) is 3.77. The number of hydrogen-bond acceptors (Lipinski definition) is 5. The van der Waals surface area contributed by atoms with E-state index in [0.29, 0.717) is 21.0 Å². The van der Waals surface area contributed by atoms with Crippen molar-refractivity contribution in [3.05, 3.63) is 46.0 Å². The molecule has 6 nitrogen and oxygen atoms in total. The zero-order valence-electron chi connectivity index (χ0n) is 11.8. The van der Waals surface area contributed by atoms with Gasteiger partial charge in [-0.3, -0.25) is 15.2 Å². The predicted octanol–water partition coefficient (Wildman–Crippen LogP) is 4.15. The Hall–Kier alpha value is -2.33. The molecule has 124 valence electrons. The molecule has 2 N–H and O–H groups in total. The predicted molar refractivity (Wildman–Crippen MR) is 88.4 cm³/mol. The van der Waals surface area contributed by atoms with Gasteiger partial charge < -0.3 is 4.74 Å². The van der Waals surface area contributed by atoms with E-state index in [9.17, 15) is 13.6 Å². The second-order valence-electron chi connectivity index (χ2n) is 4.49. The molecule has 2 heterocycles. The Kier molecular flexibility index (Phi) is 4.86. The van der Waals surface area contributed by atoms with Gasteiger partial charge in [0.05, 0.1) is 16.4 Å². The Morgan fingerprint density at radius 3 is 2.71 bits per heavy atom. The van der Waals surface area contributed by atoms with E-state index in [1.807, 2.05) is 0 Å². The Morgan fingerprint density at radius 2 is 2.08 bits per heavy atom. The van der Waals surface area contributed by atoms with Gasteiger partial charge >= 0.3 is 6.61 Å². The second kappa shape index (κ2) is 7.05. The van der Waals surface area contributed by atoms with E-state index in [-0.39, 0.29) is 11.7 Å². The molecule has 0 unspecified atom stereocenters. The van der Waals surface area contributed by atoms with Gasteiger partial charge in [0.1, 0.15) is 11.4 Å². The first-order valence-corrected chi connectivity index (χ1v) is 8.21. The van der Waals surface area contributed by atoms with E-state index >= 15 is 0 Å². The van der Waals surface area contributed by atoms with Gasteiger partial charge in [0.25, 0.3) is 5.91 Å². The Bertz CT molecular complexity index is 851. The largest absolute Gasteiger partial charge is 0.435 e. The summed E-state index contributed by atoms with van der Waals surface area (Å²) in [6.45, 7) is -2.86. The molecule has 0 atom stereocenters. The number of nitrogens with one attached hydrogen (secondary N) is 2. The van der Waals surface area contributed by atoms with Crippen LogP contribution >= 0.6 is 27.3 Å². The van der Waals surface area contributed by atoms with E-state index in [1.165, 1.54) is 29.7 Å². The summed E-state index contributed by atoms with van der Waals surface area (Å²) in [4.78, 5) is 16.4. The molecule has 10 heteroatoms. The second-order valence-corrected chi connectivity index (χ2v) is 6.20. The lowest BCUT2D eigenvalue weighted by Gasteiger charge is -2.04. The molecule has 0 saturated heterocycles. The lowest BCUT2D eigenvalue weighted by atomic mass is 10.2. The number of carbonyl (C=O) groups is 1. The van der Waals surface area contributed by atoms with Crippen molar-refractivity contribution in [1.82, 2.24) is 15.2 Å². The van der Waals surface area contributed by atoms with Gasteiger partial charge in [0.15, 0.2) is 5.13 Å². The Morgan fingerprint density at radius 1 is 1.33 bits per heavy atom. The van der Waals surface area contributed by atoms with Crippen LogP contribution in [0.5, 0.6) is 5.75 Å². The summed E-state index contributed by atoms with van der Waals surface area (Å²) in [5.74, 6) is -0.303. The van der Waals surface area contributed by atoms with E-state index in [2.05, 4.69) is 41.2 Å². The van der Waals surface area contributed by atoms with E-state index < -0.39 is 6.61 Å². The Balaban J connectivity index is 1.71. The SMILES string of the molecule is O=C(Nc1nc(-c2ccc(OC(F)F)cc2)cs1)c1[nH]ncc1Br. The molecular formula is C14H9BrF2N4O2S. The number of benzene rings is 1. The highest BCUT2D eigenvalue weighted by Gasteiger charge is 2.14. The van der Waals surface area contributed by atoms with E-state index in [1.54, 1.807) is 17.5 Å². The highest BCUT2D eigenvalue weighted by molar-refractivity contribution is 9.10. The highest BCUT2D eigenvalue weighted by Crippen LogP contribution is 2.27. The number of nitrogens with zero attached hydrogens (tertiary/aromatic N) is 2. The van der Waals surface area contributed by atoms with Gasteiger partial charge in [-0.05, 0) is 40.2 Å². The van der Waals surface area contributed by atoms with Crippen LogP contribution in [0.15, 0.2) is 40.3 Å². The van der Waals surface area contributed by atoms with Crippen molar-refractivity contribution in [2.45, 2.75) is 6.61 Å². The summed E-state index contributed by atoms with van der Waals surface area (Å²) in [6.07, 6.45) is 1.48. The van der Waals surface area contributed by atoms with Crippen LogP contribution in [0.3, 0.4) is 0 Å². The summed E-state index contributed by atoms with van der Waals surface area (Å²) in [7, 11) is 0. The van der Waals surface area contributed by atoms with Crippen LogP contribution < -0.4 is 10.1 Å². The maximum absolute atomic E-state index is 12.1. The number of alkyl halides is 2. The molecular weight excluding hydrogens is 406 g/mol. The molecule has 1 aromatic carbocycles. The summed E-state index contributed by atoms with van der Waals surface area (Å²) in [5.41, 5.74) is 1.62. The quantitative estimate of drug-likeness (QED) is 0.656. The highest BCUT2D eigenvalue weighted by atomic mass is 79.9. The molecule has 1 amide bonds. The normalized spacial score (nSPS) is 10.8. The number of H-pyrrole nitrogens is 1. The number of anilines is 1. The lowest BCUT2D eigenvalue weighted by Crippen LogP contribution is -2.12. The lowest BCUT2D eigenvalue weighted by molar-refractivity contribution is -0.0498. The molecule has 0 radical (unpaired) electrons. The number of aromatic nitrogens is 3. The van der Waals surface area contributed by atoms with Crippen LogP contribution in [-0.2, 0) is 0 Å².